The minimum absolute atomic E-state index is 0.137. The van der Waals surface area contributed by atoms with Crippen LogP contribution in [-0.2, 0) is 9.53 Å². The molecule has 1 heterocycles. The van der Waals surface area contributed by atoms with Gasteiger partial charge in [0, 0.05) is 10.0 Å². The molecule has 2 aromatic carbocycles. The Bertz CT molecular complexity index is 862. The lowest BCUT2D eigenvalue weighted by atomic mass is 10.1. The number of ether oxygens (including phenoxy) is 2. The molecule has 3 rings (SSSR count). The number of hydrogen-bond acceptors (Lipinski definition) is 4. The standard InChI is InChI=1S/C19H17BrN2O3/c1-2-24-19(23)13-25-18-9-8-14(20)12-16(18)17-10-11-21-22(17)15-6-4-3-5-7-15/h3-12H,2,13H2,1H3. The maximum absolute atomic E-state index is 11.6. The summed E-state index contributed by atoms with van der Waals surface area (Å²) in [6.07, 6.45) is 1.73. The number of esters is 1. The summed E-state index contributed by atoms with van der Waals surface area (Å²) >= 11 is 3.49. The third-order valence-corrected chi connectivity index (χ3v) is 4.01. The van der Waals surface area contributed by atoms with E-state index in [0.717, 1.165) is 21.4 Å². The summed E-state index contributed by atoms with van der Waals surface area (Å²) in [6.45, 7) is 1.96. The summed E-state index contributed by atoms with van der Waals surface area (Å²) in [5.74, 6) is 0.196. The highest BCUT2D eigenvalue weighted by atomic mass is 79.9. The average molecular weight is 401 g/mol. The molecule has 0 fully saturated rings. The quantitative estimate of drug-likeness (QED) is 0.580. The molecular weight excluding hydrogens is 384 g/mol. The van der Waals surface area contributed by atoms with Crippen LogP contribution in [0.5, 0.6) is 5.75 Å². The van der Waals surface area contributed by atoms with Crippen LogP contribution in [0.2, 0.25) is 0 Å². The van der Waals surface area contributed by atoms with Gasteiger partial charge in [0.25, 0.3) is 0 Å². The third-order valence-electron chi connectivity index (χ3n) is 3.51. The monoisotopic (exact) mass is 400 g/mol. The van der Waals surface area contributed by atoms with Gasteiger partial charge in [-0.25, -0.2) is 9.48 Å². The minimum Gasteiger partial charge on any atom is -0.481 e. The van der Waals surface area contributed by atoms with E-state index in [1.165, 1.54) is 0 Å². The Hall–Kier alpha value is -2.60. The molecule has 0 aliphatic heterocycles. The Morgan fingerprint density at radius 3 is 2.72 bits per heavy atom. The maximum Gasteiger partial charge on any atom is 0.344 e. The number of aromatic nitrogens is 2. The fourth-order valence-electron chi connectivity index (χ4n) is 2.45. The first kappa shape index (κ1) is 17.2. The molecule has 0 atom stereocenters. The van der Waals surface area contributed by atoms with Gasteiger partial charge in [0.15, 0.2) is 6.61 Å². The van der Waals surface area contributed by atoms with Gasteiger partial charge in [0.05, 0.1) is 24.2 Å². The van der Waals surface area contributed by atoms with Crippen LogP contribution in [0.25, 0.3) is 16.9 Å². The molecule has 0 amide bonds. The first-order chi connectivity index (χ1) is 12.2. The van der Waals surface area contributed by atoms with Crippen LogP contribution >= 0.6 is 15.9 Å². The van der Waals surface area contributed by atoms with E-state index in [4.69, 9.17) is 9.47 Å². The van der Waals surface area contributed by atoms with E-state index in [-0.39, 0.29) is 6.61 Å². The molecule has 0 aliphatic rings. The number of nitrogens with zero attached hydrogens (tertiary/aromatic N) is 2. The molecule has 0 saturated carbocycles. The number of carbonyl (C=O) groups is 1. The molecule has 1 aromatic heterocycles. The van der Waals surface area contributed by atoms with Crippen LogP contribution in [0, 0.1) is 0 Å². The largest absolute Gasteiger partial charge is 0.481 e. The molecule has 0 bridgehead atoms. The van der Waals surface area contributed by atoms with Crippen molar-refractivity contribution in [3.63, 3.8) is 0 Å². The van der Waals surface area contributed by atoms with Crippen molar-refractivity contribution in [1.29, 1.82) is 0 Å². The molecule has 0 unspecified atom stereocenters. The van der Waals surface area contributed by atoms with Crippen molar-refractivity contribution < 1.29 is 14.3 Å². The molecular formula is C19H17BrN2O3. The lowest BCUT2D eigenvalue weighted by Crippen LogP contribution is -2.15. The molecule has 0 radical (unpaired) electrons. The van der Waals surface area contributed by atoms with Crippen molar-refractivity contribution in [2.45, 2.75) is 6.92 Å². The van der Waals surface area contributed by atoms with Crippen molar-refractivity contribution in [2.24, 2.45) is 0 Å². The van der Waals surface area contributed by atoms with Crippen molar-refractivity contribution in [2.75, 3.05) is 13.2 Å². The zero-order valence-electron chi connectivity index (χ0n) is 13.7. The Kier molecular flexibility index (Phi) is 5.50. The van der Waals surface area contributed by atoms with Gasteiger partial charge in [-0.2, -0.15) is 5.10 Å². The van der Waals surface area contributed by atoms with E-state index in [2.05, 4.69) is 21.0 Å². The fourth-order valence-corrected chi connectivity index (χ4v) is 2.81. The first-order valence-corrected chi connectivity index (χ1v) is 8.66. The average Bonchev–Trinajstić information content (AvgIpc) is 3.11. The number of para-hydroxylation sites is 1. The highest BCUT2D eigenvalue weighted by Crippen LogP contribution is 2.33. The van der Waals surface area contributed by atoms with Crippen LogP contribution in [0.15, 0.2) is 65.3 Å². The molecule has 3 aromatic rings. The highest BCUT2D eigenvalue weighted by molar-refractivity contribution is 9.10. The summed E-state index contributed by atoms with van der Waals surface area (Å²) in [6, 6.07) is 17.4. The van der Waals surface area contributed by atoms with E-state index < -0.39 is 5.97 Å². The zero-order valence-corrected chi connectivity index (χ0v) is 15.3. The second-order valence-electron chi connectivity index (χ2n) is 5.20. The maximum atomic E-state index is 11.6. The second kappa shape index (κ2) is 7.98. The van der Waals surface area contributed by atoms with E-state index in [1.807, 2.05) is 59.3 Å². The van der Waals surface area contributed by atoms with E-state index in [1.54, 1.807) is 13.1 Å². The minimum atomic E-state index is -0.395. The van der Waals surface area contributed by atoms with Gasteiger partial charge in [-0.1, -0.05) is 34.1 Å². The second-order valence-corrected chi connectivity index (χ2v) is 6.11. The predicted molar refractivity (Wildman–Crippen MR) is 98.8 cm³/mol. The van der Waals surface area contributed by atoms with Crippen LogP contribution in [0.1, 0.15) is 6.92 Å². The molecule has 0 N–H and O–H groups in total. The van der Waals surface area contributed by atoms with Gasteiger partial charge in [0.2, 0.25) is 0 Å². The van der Waals surface area contributed by atoms with E-state index in [0.29, 0.717) is 12.4 Å². The molecule has 5 nitrogen and oxygen atoms in total. The number of carbonyl (C=O) groups excluding carboxylic acids is 1. The lowest BCUT2D eigenvalue weighted by molar-refractivity contribution is -0.145. The molecule has 0 spiro atoms. The smallest absolute Gasteiger partial charge is 0.344 e. The van der Waals surface area contributed by atoms with Crippen LogP contribution < -0.4 is 4.74 Å². The SMILES string of the molecule is CCOC(=O)COc1ccc(Br)cc1-c1ccnn1-c1ccccc1. The summed E-state index contributed by atoms with van der Waals surface area (Å²) in [7, 11) is 0. The van der Waals surface area contributed by atoms with Crippen LogP contribution in [0.3, 0.4) is 0 Å². The van der Waals surface area contributed by atoms with Crippen LogP contribution in [0.4, 0.5) is 0 Å². The predicted octanol–water partition coefficient (Wildman–Crippen LogP) is 4.24. The lowest BCUT2D eigenvalue weighted by Gasteiger charge is -2.13. The van der Waals surface area contributed by atoms with Gasteiger partial charge < -0.3 is 9.47 Å². The third kappa shape index (κ3) is 4.09. The van der Waals surface area contributed by atoms with Crippen molar-refractivity contribution in [3.05, 3.63) is 65.3 Å². The van der Waals surface area contributed by atoms with Crippen molar-refractivity contribution in [3.8, 4) is 22.7 Å². The van der Waals surface area contributed by atoms with Crippen LogP contribution in [-0.4, -0.2) is 29.0 Å². The molecule has 6 heteroatoms. The Balaban J connectivity index is 1.96. The van der Waals surface area contributed by atoms with Gasteiger partial charge in [-0.3, -0.25) is 0 Å². The number of benzene rings is 2. The molecule has 0 saturated heterocycles. The van der Waals surface area contributed by atoms with E-state index >= 15 is 0 Å². The summed E-state index contributed by atoms with van der Waals surface area (Å²) < 4.78 is 13.3. The normalized spacial score (nSPS) is 10.5. The number of hydrogen-bond donors (Lipinski definition) is 0. The Labute approximate surface area is 154 Å². The molecule has 128 valence electrons. The fraction of sp³-hybridized carbons (Fsp3) is 0.158. The zero-order chi connectivity index (χ0) is 17.6. The number of rotatable bonds is 6. The van der Waals surface area contributed by atoms with Gasteiger partial charge in [0.1, 0.15) is 5.75 Å². The van der Waals surface area contributed by atoms with Gasteiger partial charge >= 0.3 is 5.97 Å². The van der Waals surface area contributed by atoms with E-state index in [9.17, 15) is 4.79 Å². The highest BCUT2D eigenvalue weighted by Gasteiger charge is 2.14. The summed E-state index contributed by atoms with van der Waals surface area (Å²) in [4.78, 5) is 11.6. The van der Waals surface area contributed by atoms with Crippen molar-refractivity contribution >= 4 is 21.9 Å². The first-order valence-electron chi connectivity index (χ1n) is 7.87. The summed E-state index contributed by atoms with van der Waals surface area (Å²) in [5.41, 5.74) is 2.64. The van der Waals surface area contributed by atoms with Crippen molar-refractivity contribution in [1.82, 2.24) is 9.78 Å². The summed E-state index contributed by atoms with van der Waals surface area (Å²) in [5, 5.41) is 4.41. The molecule has 25 heavy (non-hydrogen) atoms. The Morgan fingerprint density at radius 2 is 1.96 bits per heavy atom. The number of halogens is 1. The van der Waals surface area contributed by atoms with Gasteiger partial charge in [-0.15, -0.1) is 0 Å². The molecule has 0 aliphatic carbocycles. The van der Waals surface area contributed by atoms with Gasteiger partial charge in [-0.05, 0) is 43.3 Å². The topological polar surface area (TPSA) is 53.4 Å². The Morgan fingerprint density at radius 1 is 1.16 bits per heavy atom.